The van der Waals surface area contributed by atoms with Gasteiger partial charge in [0, 0.05) is 23.8 Å². The van der Waals surface area contributed by atoms with Crippen molar-refractivity contribution in [2.45, 2.75) is 68.0 Å². The molecule has 1 aromatic rings. The first-order valence-corrected chi connectivity index (χ1v) is 9.74. The van der Waals surface area contributed by atoms with Crippen molar-refractivity contribution in [1.29, 1.82) is 0 Å². The number of para-hydroxylation sites is 1. The highest BCUT2D eigenvalue weighted by Gasteiger charge is 2.28. The number of aryl methyl sites for hydroxylation is 2. The van der Waals surface area contributed by atoms with Crippen LogP contribution in [-0.4, -0.2) is 11.1 Å². The van der Waals surface area contributed by atoms with Crippen LogP contribution in [0, 0.1) is 13.8 Å². The minimum Gasteiger partial charge on any atom is -0.325 e. The van der Waals surface area contributed by atoms with Crippen molar-refractivity contribution < 1.29 is 0 Å². The Morgan fingerprint density at radius 1 is 1.12 bits per heavy atom. The van der Waals surface area contributed by atoms with Gasteiger partial charge in [0.1, 0.15) is 6.17 Å². The van der Waals surface area contributed by atoms with Gasteiger partial charge in [-0.25, -0.2) is 0 Å². The summed E-state index contributed by atoms with van der Waals surface area (Å²) in [6.07, 6.45) is 9.87. The fraction of sp³-hybridized carbons (Fsp3) is 0.417. The average molecular weight is 353 g/mol. The number of benzene rings is 1. The minimum atomic E-state index is 0.231. The molecular formula is C24H36N2. The van der Waals surface area contributed by atoms with E-state index in [1.54, 1.807) is 0 Å². The van der Waals surface area contributed by atoms with Crippen LogP contribution in [0.2, 0.25) is 0 Å². The van der Waals surface area contributed by atoms with Crippen LogP contribution in [0.15, 0.2) is 66.2 Å². The average Bonchev–Trinajstić information content (AvgIpc) is 2.98. The molecule has 2 nitrogen and oxygen atoms in total. The molecule has 0 aliphatic carbocycles. The van der Waals surface area contributed by atoms with Gasteiger partial charge in [0.25, 0.3) is 0 Å². The van der Waals surface area contributed by atoms with E-state index in [0.29, 0.717) is 0 Å². The number of hydrogen-bond donors (Lipinski definition) is 0. The Labute approximate surface area is 161 Å². The third-order valence-electron chi connectivity index (χ3n) is 4.71. The lowest BCUT2D eigenvalue weighted by Gasteiger charge is -2.34. The summed E-state index contributed by atoms with van der Waals surface area (Å²) >= 11 is 0. The monoisotopic (exact) mass is 352 g/mol. The Bertz CT molecular complexity index is 687. The third-order valence-corrected chi connectivity index (χ3v) is 4.71. The summed E-state index contributed by atoms with van der Waals surface area (Å²) in [4.78, 5) is 4.71. The molecule has 1 aliphatic rings. The van der Waals surface area contributed by atoms with Crippen LogP contribution in [0.5, 0.6) is 0 Å². The minimum absolute atomic E-state index is 0.231. The predicted molar refractivity (Wildman–Crippen MR) is 117 cm³/mol. The van der Waals surface area contributed by atoms with E-state index in [2.05, 4.69) is 94.6 Å². The number of hydrogen-bond acceptors (Lipinski definition) is 2. The maximum atomic E-state index is 3.98. The van der Waals surface area contributed by atoms with Crippen LogP contribution in [-0.2, 0) is 0 Å². The molecule has 0 fully saturated rings. The van der Waals surface area contributed by atoms with E-state index in [4.69, 9.17) is 0 Å². The molecule has 0 radical (unpaired) electrons. The van der Waals surface area contributed by atoms with Crippen LogP contribution in [0.3, 0.4) is 0 Å². The fourth-order valence-electron chi connectivity index (χ4n) is 3.48. The molecule has 2 rings (SSSR count). The standard InChI is InChI=1S/C22H30N2.C2H6/c1-8-11-17(4)21(16(3)9-2)23-14-15-24(20(23)7)22-18(5)12-10-13-19(22)6;1-2/h9-15,20H,2,8H2,1,3-7H3;1-2H3/b17-11-,21-16+;. The third kappa shape index (κ3) is 4.49. The van der Waals surface area contributed by atoms with Gasteiger partial charge in [-0.15, -0.1) is 0 Å². The van der Waals surface area contributed by atoms with E-state index in [-0.39, 0.29) is 6.17 Å². The van der Waals surface area contributed by atoms with E-state index in [1.165, 1.54) is 33.7 Å². The molecule has 0 saturated carbocycles. The maximum Gasteiger partial charge on any atom is 0.107 e. The summed E-state index contributed by atoms with van der Waals surface area (Å²) in [5.74, 6) is 0. The molecular weight excluding hydrogens is 316 g/mol. The first kappa shape index (κ1) is 21.8. The summed E-state index contributed by atoms with van der Waals surface area (Å²) in [5.41, 5.74) is 7.67. The lowest BCUT2D eigenvalue weighted by atomic mass is 10.1. The summed E-state index contributed by atoms with van der Waals surface area (Å²) < 4.78 is 0. The zero-order chi connectivity index (χ0) is 19.9. The summed E-state index contributed by atoms with van der Waals surface area (Å²) in [7, 11) is 0. The van der Waals surface area contributed by atoms with E-state index >= 15 is 0 Å². The van der Waals surface area contributed by atoms with Crippen molar-refractivity contribution in [3.8, 4) is 0 Å². The number of allylic oxidation sites excluding steroid dienone is 4. The van der Waals surface area contributed by atoms with Gasteiger partial charge in [-0.1, -0.05) is 57.7 Å². The molecule has 1 atom stereocenters. The Morgan fingerprint density at radius 2 is 1.69 bits per heavy atom. The van der Waals surface area contributed by atoms with Crippen molar-refractivity contribution in [1.82, 2.24) is 4.90 Å². The zero-order valence-corrected chi connectivity index (χ0v) is 17.9. The lowest BCUT2D eigenvalue weighted by Crippen LogP contribution is -2.36. The van der Waals surface area contributed by atoms with Gasteiger partial charge in [-0.05, 0) is 63.3 Å². The summed E-state index contributed by atoms with van der Waals surface area (Å²) in [5, 5.41) is 0. The van der Waals surface area contributed by atoms with Crippen molar-refractivity contribution in [3.63, 3.8) is 0 Å². The molecule has 1 unspecified atom stereocenters. The Kier molecular flexibility index (Phi) is 8.44. The normalized spacial score (nSPS) is 17.7. The van der Waals surface area contributed by atoms with Crippen LogP contribution in [0.4, 0.5) is 5.69 Å². The molecule has 1 heterocycles. The van der Waals surface area contributed by atoms with Gasteiger partial charge in [0.05, 0.1) is 0 Å². The molecule has 26 heavy (non-hydrogen) atoms. The van der Waals surface area contributed by atoms with Gasteiger partial charge in [-0.3, -0.25) is 0 Å². The van der Waals surface area contributed by atoms with Gasteiger partial charge in [0.2, 0.25) is 0 Å². The second kappa shape index (κ2) is 10.1. The Hall–Kier alpha value is -2.22. The van der Waals surface area contributed by atoms with E-state index in [9.17, 15) is 0 Å². The van der Waals surface area contributed by atoms with E-state index < -0.39 is 0 Å². The molecule has 0 spiro atoms. The first-order chi connectivity index (χ1) is 12.4. The Balaban J connectivity index is 0.00000163. The lowest BCUT2D eigenvalue weighted by molar-refractivity contribution is 0.394. The highest BCUT2D eigenvalue weighted by atomic mass is 15.4. The number of nitrogens with zero attached hydrogens (tertiary/aromatic N) is 2. The van der Waals surface area contributed by atoms with Crippen molar-refractivity contribution in [2.24, 2.45) is 0 Å². The Morgan fingerprint density at radius 3 is 2.19 bits per heavy atom. The van der Waals surface area contributed by atoms with Crippen LogP contribution in [0.25, 0.3) is 0 Å². The van der Waals surface area contributed by atoms with Crippen molar-refractivity contribution in [3.05, 3.63) is 77.3 Å². The van der Waals surface area contributed by atoms with E-state index in [0.717, 1.165) is 6.42 Å². The molecule has 0 bridgehead atoms. The quantitative estimate of drug-likeness (QED) is 0.522. The van der Waals surface area contributed by atoms with Gasteiger partial charge in [0.15, 0.2) is 0 Å². The predicted octanol–water partition coefficient (Wildman–Crippen LogP) is 7.09. The van der Waals surface area contributed by atoms with Crippen LogP contribution >= 0.6 is 0 Å². The number of rotatable bonds is 5. The summed E-state index contributed by atoms with van der Waals surface area (Å²) in [6.45, 7) is 21.1. The number of anilines is 1. The van der Waals surface area contributed by atoms with Crippen molar-refractivity contribution in [2.75, 3.05) is 4.90 Å². The molecule has 0 saturated heterocycles. The van der Waals surface area contributed by atoms with Gasteiger partial charge in [-0.2, -0.15) is 0 Å². The molecule has 0 N–H and O–H groups in total. The smallest absolute Gasteiger partial charge is 0.107 e. The fourth-order valence-corrected chi connectivity index (χ4v) is 3.48. The molecule has 1 aromatic carbocycles. The van der Waals surface area contributed by atoms with Crippen molar-refractivity contribution >= 4 is 5.69 Å². The first-order valence-electron chi connectivity index (χ1n) is 9.74. The highest BCUT2D eigenvalue weighted by Crippen LogP contribution is 2.34. The topological polar surface area (TPSA) is 6.48 Å². The molecule has 142 valence electrons. The molecule has 1 aliphatic heterocycles. The molecule has 0 amide bonds. The zero-order valence-electron chi connectivity index (χ0n) is 17.9. The van der Waals surface area contributed by atoms with E-state index in [1.807, 2.05) is 19.9 Å². The van der Waals surface area contributed by atoms with Gasteiger partial charge < -0.3 is 9.80 Å². The second-order valence-electron chi connectivity index (χ2n) is 6.52. The molecule has 2 heteroatoms. The second-order valence-corrected chi connectivity index (χ2v) is 6.52. The van der Waals surface area contributed by atoms with Crippen LogP contribution < -0.4 is 4.90 Å². The largest absolute Gasteiger partial charge is 0.325 e. The molecule has 0 aromatic heterocycles. The van der Waals surface area contributed by atoms with Crippen LogP contribution in [0.1, 0.15) is 59.1 Å². The highest BCUT2D eigenvalue weighted by molar-refractivity contribution is 5.62. The SMILES string of the molecule is C=C/C(C)=C(\C(C)=C/CC)N1C=CN(c2c(C)cccc2C)C1C.CC. The summed E-state index contributed by atoms with van der Waals surface area (Å²) in [6, 6.07) is 6.48. The van der Waals surface area contributed by atoms with Gasteiger partial charge >= 0.3 is 0 Å². The maximum absolute atomic E-state index is 3.98.